The molecule has 1 amide bonds. The predicted molar refractivity (Wildman–Crippen MR) is 146 cm³/mol. The van der Waals surface area contributed by atoms with Crippen molar-refractivity contribution in [2.75, 3.05) is 18.5 Å². The van der Waals surface area contributed by atoms with Gasteiger partial charge in [-0.05, 0) is 40.1 Å². The van der Waals surface area contributed by atoms with Crippen LogP contribution in [0.2, 0.25) is 0 Å². The zero-order valence-corrected chi connectivity index (χ0v) is 20.8. The minimum Gasteiger partial charge on any atom is -0.462 e. The fourth-order valence-corrected chi connectivity index (χ4v) is 5.26. The lowest BCUT2D eigenvalue weighted by molar-refractivity contribution is -0.119. The molecule has 4 aromatic carbocycles. The van der Waals surface area contributed by atoms with E-state index in [9.17, 15) is 14.4 Å². The first-order valence-corrected chi connectivity index (χ1v) is 12.7. The maximum absolute atomic E-state index is 13.2. The summed E-state index contributed by atoms with van der Waals surface area (Å²) in [5.41, 5.74) is 2.18. The highest BCUT2D eigenvalue weighted by molar-refractivity contribution is 7.15. The molecule has 1 heterocycles. The number of carbonyl (C=O) groups is 3. The van der Waals surface area contributed by atoms with E-state index >= 15 is 0 Å². The molecule has 0 radical (unpaired) electrons. The molecule has 0 bridgehead atoms. The van der Waals surface area contributed by atoms with Crippen molar-refractivity contribution in [2.45, 2.75) is 6.92 Å². The van der Waals surface area contributed by atoms with Crippen LogP contribution in [0.5, 0.6) is 0 Å². The van der Waals surface area contributed by atoms with Crippen molar-refractivity contribution < 1.29 is 23.9 Å². The fourth-order valence-electron chi connectivity index (χ4n) is 4.29. The normalized spacial score (nSPS) is 10.8. The molecular formula is C30H23NO5S. The number of thiophene rings is 1. The monoisotopic (exact) mass is 509 g/mol. The van der Waals surface area contributed by atoms with E-state index < -0.39 is 24.5 Å². The van der Waals surface area contributed by atoms with Gasteiger partial charge in [0.1, 0.15) is 10.6 Å². The van der Waals surface area contributed by atoms with Crippen LogP contribution in [0.3, 0.4) is 0 Å². The number of fused-ring (bicyclic) bond motifs is 2. The fraction of sp³-hybridized carbons (Fsp3) is 0.100. The number of hydrogen-bond donors (Lipinski definition) is 1. The van der Waals surface area contributed by atoms with E-state index in [0.29, 0.717) is 16.1 Å². The molecule has 5 aromatic rings. The Hall–Kier alpha value is -4.49. The number of esters is 2. The van der Waals surface area contributed by atoms with Gasteiger partial charge in [-0.2, -0.15) is 0 Å². The Labute approximate surface area is 217 Å². The van der Waals surface area contributed by atoms with Gasteiger partial charge in [-0.25, -0.2) is 9.59 Å². The number of nitrogens with one attached hydrogen (secondary N) is 1. The zero-order chi connectivity index (χ0) is 25.8. The highest BCUT2D eigenvalue weighted by Gasteiger charge is 2.23. The Kier molecular flexibility index (Phi) is 6.96. The average Bonchev–Trinajstić information content (AvgIpc) is 3.34. The van der Waals surface area contributed by atoms with Crippen LogP contribution in [0.4, 0.5) is 5.00 Å². The number of benzene rings is 4. The molecule has 1 aromatic heterocycles. The number of hydrogen-bond acceptors (Lipinski definition) is 6. The van der Waals surface area contributed by atoms with Gasteiger partial charge in [-0.1, -0.05) is 78.9 Å². The maximum atomic E-state index is 13.2. The van der Waals surface area contributed by atoms with Crippen LogP contribution in [0.15, 0.2) is 90.3 Å². The molecule has 184 valence electrons. The standard InChI is InChI=1S/C30H23NO5S/c1-2-35-30(34)27-24(19-10-4-3-5-11-19)18-37-28(27)31-25(32)17-36-29(33)26-22-14-8-6-12-20(22)16-21-13-7-9-15-23(21)26/h3-16,18H,2,17H2,1H3,(H,31,32). The number of carbonyl (C=O) groups excluding carboxylic acids is 3. The van der Waals surface area contributed by atoms with Crippen molar-refractivity contribution in [3.05, 3.63) is 101 Å². The van der Waals surface area contributed by atoms with Gasteiger partial charge >= 0.3 is 11.9 Å². The van der Waals surface area contributed by atoms with Gasteiger partial charge in [0.05, 0.1) is 12.2 Å². The summed E-state index contributed by atoms with van der Waals surface area (Å²) in [4.78, 5) is 38.8. The van der Waals surface area contributed by atoms with E-state index in [-0.39, 0.29) is 12.2 Å². The molecule has 0 atom stereocenters. The maximum Gasteiger partial charge on any atom is 0.341 e. The van der Waals surface area contributed by atoms with Gasteiger partial charge in [0.15, 0.2) is 6.61 Å². The van der Waals surface area contributed by atoms with E-state index in [4.69, 9.17) is 9.47 Å². The number of amides is 1. The van der Waals surface area contributed by atoms with E-state index in [0.717, 1.165) is 27.1 Å². The van der Waals surface area contributed by atoms with Crippen LogP contribution < -0.4 is 5.32 Å². The van der Waals surface area contributed by atoms with Gasteiger partial charge in [-0.3, -0.25) is 4.79 Å². The van der Waals surface area contributed by atoms with Crippen LogP contribution in [-0.2, 0) is 14.3 Å². The second-order valence-corrected chi connectivity index (χ2v) is 9.14. The van der Waals surface area contributed by atoms with Crippen LogP contribution in [0.25, 0.3) is 32.7 Å². The van der Waals surface area contributed by atoms with E-state index in [1.807, 2.05) is 84.9 Å². The van der Waals surface area contributed by atoms with E-state index in [2.05, 4.69) is 5.32 Å². The first-order chi connectivity index (χ1) is 18.1. The highest BCUT2D eigenvalue weighted by Crippen LogP contribution is 2.36. The first-order valence-electron chi connectivity index (χ1n) is 11.8. The van der Waals surface area contributed by atoms with Crippen molar-refractivity contribution in [3.8, 4) is 11.1 Å². The lowest BCUT2D eigenvalue weighted by Crippen LogP contribution is -2.22. The number of anilines is 1. The quantitative estimate of drug-likeness (QED) is 0.195. The molecule has 0 spiro atoms. The Balaban J connectivity index is 1.38. The van der Waals surface area contributed by atoms with Crippen molar-refractivity contribution in [3.63, 3.8) is 0 Å². The Morgan fingerprint density at radius 3 is 2.00 bits per heavy atom. The summed E-state index contributed by atoms with van der Waals surface area (Å²) < 4.78 is 10.7. The third-order valence-electron chi connectivity index (χ3n) is 5.92. The van der Waals surface area contributed by atoms with Crippen LogP contribution in [0.1, 0.15) is 27.6 Å². The summed E-state index contributed by atoms with van der Waals surface area (Å²) in [5.74, 6) is -1.67. The van der Waals surface area contributed by atoms with Gasteiger partial charge in [0.2, 0.25) is 0 Å². The molecule has 0 fully saturated rings. The molecule has 6 nitrogen and oxygen atoms in total. The minimum atomic E-state index is -0.593. The molecule has 0 saturated heterocycles. The largest absolute Gasteiger partial charge is 0.462 e. The third-order valence-corrected chi connectivity index (χ3v) is 6.81. The Morgan fingerprint density at radius 2 is 1.35 bits per heavy atom. The van der Waals surface area contributed by atoms with E-state index in [1.54, 1.807) is 12.3 Å². The SMILES string of the molecule is CCOC(=O)c1c(-c2ccccc2)csc1NC(=O)COC(=O)c1c2ccccc2cc2ccccc12. The molecule has 7 heteroatoms. The Morgan fingerprint density at radius 1 is 0.757 bits per heavy atom. The van der Waals surface area contributed by atoms with Crippen molar-refractivity contribution in [2.24, 2.45) is 0 Å². The van der Waals surface area contributed by atoms with Crippen LogP contribution >= 0.6 is 11.3 Å². The summed E-state index contributed by atoms with van der Waals surface area (Å²) >= 11 is 1.21. The second kappa shape index (κ2) is 10.6. The minimum absolute atomic E-state index is 0.201. The number of rotatable bonds is 7. The molecule has 1 N–H and O–H groups in total. The van der Waals surface area contributed by atoms with Crippen LogP contribution in [0, 0.1) is 0 Å². The molecule has 0 aliphatic carbocycles. The molecule has 0 aliphatic heterocycles. The molecular weight excluding hydrogens is 486 g/mol. The zero-order valence-electron chi connectivity index (χ0n) is 20.0. The molecule has 0 unspecified atom stereocenters. The van der Waals surface area contributed by atoms with Crippen molar-refractivity contribution >= 4 is 55.7 Å². The molecule has 5 rings (SSSR count). The number of ether oxygens (including phenoxy) is 2. The summed E-state index contributed by atoms with van der Waals surface area (Å²) in [6.45, 7) is 1.42. The lowest BCUT2D eigenvalue weighted by atomic mass is 9.97. The Bertz CT molecular complexity index is 1570. The van der Waals surface area contributed by atoms with Crippen molar-refractivity contribution in [1.29, 1.82) is 0 Å². The topological polar surface area (TPSA) is 81.7 Å². The highest BCUT2D eigenvalue weighted by atomic mass is 32.1. The average molecular weight is 510 g/mol. The summed E-state index contributed by atoms with van der Waals surface area (Å²) in [6.07, 6.45) is 0. The first kappa shape index (κ1) is 24.2. The van der Waals surface area contributed by atoms with Crippen molar-refractivity contribution in [1.82, 2.24) is 0 Å². The molecule has 0 aliphatic rings. The van der Waals surface area contributed by atoms with Crippen LogP contribution in [-0.4, -0.2) is 31.1 Å². The van der Waals surface area contributed by atoms with Gasteiger partial charge in [0.25, 0.3) is 5.91 Å². The second-order valence-electron chi connectivity index (χ2n) is 8.26. The van der Waals surface area contributed by atoms with Gasteiger partial charge in [-0.15, -0.1) is 11.3 Å². The smallest absolute Gasteiger partial charge is 0.341 e. The predicted octanol–water partition coefficient (Wildman–Crippen LogP) is 6.69. The molecule has 37 heavy (non-hydrogen) atoms. The summed E-state index contributed by atoms with van der Waals surface area (Å²) in [6, 6.07) is 26.5. The summed E-state index contributed by atoms with van der Waals surface area (Å²) in [5, 5.41) is 8.18. The molecule has 0 saturated carbocycles. The third kappa shape index (κ3) is 4.94. The summed E-state index contributed by atoms with van der Waals surface area (Å²) in [7, 11) is 0. The van der Waals surface area contributed by atoms with Gasteiger partial charge < -0.3 is 14.8 Å². The lowest BCUT2D eigenvalue weighted by Gasteiger charge is -2.12. The van der Waals surface area contributed by atoms with Gasteiger partial charge in [0, 0.05) is 10.9 Å². The van der Waals surface area contributed by atoms with E-state index in [1.165, 1.54) is 11.3 Å².